The highest BCUT2D eigenvalue weighted by atomic mass is 32.1. The van der Waals surface area contributed by atoms with Crippen LogP contribution in [0.4, 0.5) is 5.82 Å². The number of hydrogen-bond acceptors (Lipinski definition) is 8. The molecule has 1 unspecified atom stereocenters. The fourth-order valence-electron chi connectivity index (χ4n) is 3.01. The van der Waals surface area contributed by atoms with E-state index >= 15 is 0 Å². The van der Waals surface area contributed by atoms with E-state index in [2.05, 4.69) is 20.3 Å². The molecule has 1 fully saturated rings. The molecule has 3 aromatic heterocycles. The Morgan fingerprint density at radius 3 is 2.85 bits per heavy atom. The van der Waals surface area contributed by atoms with Gasteiger partial charge in [0.1, 0.15) is 22.0 Å². The molecule has 1 aliphatic heterocycles. The molecule has 0 saturated carbocycles. The summed E-state index contributed by atoms with van der Waals surface area (Å²) in [6.07, 6.45) is 3.33. The molecule has 0 radical (unpaired) electrons. The summed E-state index contributed by atoms with van der Waals surface area (Å²) in [5.74, 6) is 0.792. The maximum Gasteiger partial charge on any atom is 0.264 e. The van der Waals surface area contributed by atoms with Gasteiger partial charge in [-0.1, -0.05) is 0 Å². The number of hydrogen-bond donors (Lipinski definition) is 1. The number of rotatable bonds is 4. The third-order valence-electron chi connectivity index (χ3n) is 4.39. The van der Waals surface area contributed by atoms with Crippen molar-refractivity contribution in [3.05, 3.63) is 33.4 Å². The first-order chi connectivity index (χ1) is 12.6. The van der Waals surface area contributed by atoms with Crippen molar-refractivity contribution in [2.45, 2.75) is 19.9 Å². The molecule has 1 amide bonds. The maximum absolute atomic E-state index is 12.9. The van der Waals surface area contributed by atoms with E-state index in [9.17, 15) is 4.79 Å². The third kappa shape index (κ3) is 3.17. The number of thiazole rings is 1. The average Bonchev–Trinajstić information content (AvgIpc) is 3.31. The Morgan fingerprint density at radius 2 is 2.12 bits per heavy atom. The van der Waals surface area contributed by atoms with E-state index in [0.29, 0.717) is 26.3 Å². The zero-order chi connectivity index (χ0) is 18.1. The first kappa shape index (κ1) is 17.3. The molecule has 0 spiro atoms. The molecule has 1 aliphatic rings. The van der Waals surface area contributed by atoms with Gasteiger partial charge in [-0.2, -0.15) is 0 Å². The molecule has 3 aromatic rings. The van der Waals surface area contributed by atoms with Crippen molar-refractivity contribution in [3.63, 3.8) is 0 Å². The van der Waals surface area contributed by atoms with Crippen molar-refractivity contribution >= 4 is 44.6 Å². The quantitative estimate of drug-likeness (QED) is 0.739. The second-order valence-corrected chi connectivity index (χ2v) is 8.02. The van der Waals surface area contributed by atoms with Gasteiger partial charge < -0.3 is 15.0 Å². The van der Waals surface area contributed by atoms with Crippen LogP contribution in [-0.4, -0.2) is 52.1 Å². The van der Waals surface area contributed by atoms with Crippen LogP contribution < -0.4 is 5.32 Å². The molecule has 0 bridgehead atoms. The van der Waals surface area contributed by atoms with Crippen molar-refractivity contribution in [1.29, 1.82) is 0 Å². The summed E-state index contributed by atoms with van der Waals surface area (Å²) in [6.45, 7) is 6.46. The van der Waals surface area contributed by atoms with Crippen molar-refractivity contribution in [2.24, 2.45) is 0 Å². The number of amides is 1. The van der Waals surface area contributed by atoms with Crippen molar-refractivity contribution < 1.29 is 9.53 Å². The van der Waals surface area contributed by atoms with Crippen LogP contribution in [0.5, 0.6) is 0 Å². The molecule has 4 heterocycles. The summed E-state index contributed by atoms with van der Waals surface area (Å²) in [5.41, 5.74) is 0.927. The van der Waals surface area contributed by atoms with E-state index in [-0.39, 0.29) is 11.9 Å². The van der Waals surface area contributed by atoms with E-state index in [1.165, 1.54) is 17.7 Å². The molecule has 7 nitrogen and oxygen atoms in total. The van der Waals surface area contributed by atoms with Crippen LogP contribution in [0.1, 0.15) is 33.2 Å². The van der Waals surface area contributed by atoms with Gasteiger partial charge in [0.25, 0.3) is 5.91 Å². The van der Waals surface area contributed by atoms with E-state index in [4.69, 9.17) is 4.74 Å². The van der Waals surface area contributed by atoms with Crippen molar-refractivity contribution in [2.75, 3.05) is 31.6 Å². The number of carbonyl (C=O) groups is 1. The third-order valence-corrected chi connectivity index (χ3v) is 6.54. The smallest absolute Gasteiger partial charge is 0.264 e. The Kier molecular flexibility index (Phi) is 4.84. The zero-order valence-electron chi connectivity index (χ0n) is 14.6. The number of fused-ring (bicyclic) bond motifs is 1. The molecule has 0 aromatic carbocycles. The molecular weight excluding hydrogens is 370 g/mol. The Hall–Kier alpha value is -2.10. The Morgan fingerprint density at radius 1 is 1.31 bits per heavy atom. The lowest BCUT2D eigenvalue weighted by atomic mass is 10.1. The minimum atomic E-state index is 0.0331. The average molecular weight is 390 g/mol. The van der Waals surface area contributed by atoms with Gasteiger partial charge in [0.15, 0.2) is 0 Å². The highest BCUT2D eigenvalue weighted by Crippen LogP contribution is 2.35. The fourth-order valence-corrected chi connectivity index (χ4v) is 4.77. The van der Waals surface area contributed by atoms with Gasteiger partial charge in [-0.05, 0) is 19.4 Å². The predicted molar refractivity (Wildman–Crippen MR) is 103 cm³/mol. The van der Waals surface area contributed by atoms with Crippen LogP contribution in [0, 0.1) is 6.92 Å². The van der Waals surface area contributed by atoms with Gasteiger partial charge in [-0.3, -0.25) is 4.79 Å². The molecule has 9 heteroatoms. The Balaban J connectivity index is 1.67. The first-order valence-corrected chi connectivity index (χ1v) is 10.1. The summed E-state index contributed by atoms with van der Waals surface area (Å²) in [4.78, 5) is 29.5. The first-order valence-electron chi connectivity index (χ1n) is 8.42. The molecule has 136 valence electrons. The Labute approximate surface area is 159 Å². The molecular formula is C17H19N5O2S2. The summed E-state index contributed by atoms with van der Waals surface area (Å²) in [5, 5.41) is 7.28. The predicted octanol–water partition coefficient (Wildman–Crippen LogP) is 3.10. The van der Waals surface area contributed by atoms with Crippen LogP contribution in [-0.2, 0) is 4.74 Å². The van der Waals surface area contributed by atoms with Crippen LogP contribution in [0.25, 0.3) is 10.2 Å². The number of thiophene rings is 1. The lowest BCUT2D eigenvalue weighted by molar-refractivity contribution is 0.0306. The summed E-state index contributed by atoms with van der Waals surface area (Å²) < 4.78 is 5.35. The van der Waals surface area contributed by atoms with Crippen LogP contribution >= 0.6 is 22.7 Å². The Bertz CT molecular complexity index is 919. The number of carbonyl (C=O) groups excluding carboxylic acids is 1. The topological polar surface area (TPSA) is 80.2 Å². The van der Waals surface area contributed by atoms with E-state index in [0.717, 1.165) is 31.5 Å². The van der Waals surface area contributed by atoms with Gasteiger partial charge >= 0.3 is 0 Å². The molecule has 0 aliphatic carbocycles. The summed E-state index contributed by atoms with van der Waals surface area (Å²) >= 11 is 3.03. The number of ether oxygens (including phenoxy) is 1. The highest BCUT2D eigenvalue weighted by Gasteiger charge is 2.25. The molecule has 1 atom stereocenters. The second-order valence-electron chi connectivity index (χ2n) is 6.10. The number of nitrogens with zero attached hydrogens (tertiary/aromatic N) is 4. The van der Waals surface area contributed by atoms with Gasteiger partial charge in [-0.25, -0.2) is 15.0 Å². The molecule has 1 N–H and O–H groups in total. The standard InChI is InChI=1S/C17H19N5O2S2/c1-10-12-14(21-11(2)15-18-3-8-25-15)19-9-20-16(12)26-13(10)17(23)22-4-6-24-7-5-22/h3,8-9,11H,4-7H2,1-2H3,(H,19,20,21). The summed E-state index contributed by atoms with van der Waals surface area (Å²) in [6, 6.07) is 0.0331. The second kappa shape index (κ2) is 7.26. The number of anilines is 1. The van der Waals surface area contributed by atoms with E-state index in [1.807, 2.05) is 24.1 Å². The molecule has 26 heavy (non-hydrogen) atoms. The minimum Gasteiger partial charge on any atom is -0.378 e. The van der Waals surface area contributed by atoms with Gasteiger partial charge in [0.05, 0.1) is 29.5 Å². The number of morpholine rings is 1. The van der Waals surface area contributed by atoms with Gasteiger partial charge in [-0.15, -0.1) is 22.7 Å². The number of aromatic nitrogens is 3. The molecule has 1 saturated heterocycles. The SMILES string of the molecule is Cc1c(C(=O)N2CCOCC2)sc2ncnc(NC(C)c3nccs3)c12. The fraction of sp³-hybridized carbons (Fsp3) is 0.412. The van der Waals surface area contributed by atoms with Crippen LogP contribution in [0.15, 0.2) is 17.9 Å². The maximum atomic E-state index is 12.9. The monoisotopic (exact) mass is 389 g/mol. The van der Waals surface area contributed by atoms with E-state index < -0.39 is 0 Å². The van der Waals surface area contributed by atoms with Gasteiger partial charge in [0.2, 0.25) is 0 Å². The van der Waals surface area contributed by atoms with Crippen molar-refractivity contribution in [1.82, 2.24) is 19.9 Å². The number of aryl methyl sites for hydroxylation is 1. The van der Waals surface area contributed by atoms with Gasteiger partial charge in [0, 0.05) is 24.7 Å². The zero-order valence-corrected chi connectivity index (χ0v) is 16.2. The van der Waals surface area contributed by atoms with Crippen LogP contribution in [0.3, 0.4) is 0 Å². The van der Waals surface area contributed by atoms with Crippen molar-refractivity contribution in [3.8, 4) is 0 Å². The largest absolute Gasteiger partial charge is 0.378 e. The normalized spacial score (nSPS) is 16.0. The summed E-state index contributed by atoms with van der Waals surface area (Å²) in [7, 11) is 0. The number of nitrogens with one attached hydrogen (secondary N) is 1. The lowest BCUT2D eigenvalue weighted by Crippen LogP contribution is -2.40. The highest BCUT2D eigenvalue weighted by molar-refractivity contribution is 7.20. The van der Waals surface area contributed by atoms with E-state index in [1.54, 1.807) is 17.5 Å². The minimum absolute atomic E-state index is 0.0331. The van der Waals surface area contributed by atoms with Crippen LogP contribution in [0.2, 0.25) is 0 Å². The lowest BCUT2D eigenvalue weighted by Gasteiger charge is -2.26. The molecule has 4 rings (SSSR count).